The number of aromatic nitrogens is 1. The monoisotopic (exact) mass is 478 g/mol. The number of fused-ring (bicyclic) bond motifs is 3. The molecule has 2 bridgehead atoms. The number of pyridine rings is 1. The van der Waals surface area contributed by atoms with Crippen LogP contribution in [0.4, 0.5) is 4.79 Å². The molecule has 3 unspecified atom stereocenters. The first-order valence-electron chi connectivity index (χ1n) is 13.7. The van der Waals surface area contributed by atoms with Gasteiger partial charge in [-0.15, -0.1) is 0 Å². The summed E-state index contributed by atoms with van der Waals surface area (Å²) in [4.78, 5) is 31.9. The lowest BCUT2D eigenvalue weighted by atomic mass is 9.64. The first-order valence-corrected chi connectivity index (χ1v) is 13.7. The second kappa shape index (κ2) is 8.82. The summed E-state index contributed by atoms with van der Waals surface area (Å²) in [5.74, 6) is 2.26. The second-order valence-corrected chi connectivity index (χ2v) is 11.9. The maximum atomic E-state index is 13.3. The second-order valence-electron chi connectivity index (χ2n) is 11.9. The lowest BCUT2D eigenvalue weighted by molar-refractivity contribution is 0.0800. The zero-order chi connectivity index (χ0) is 24.0. The van der Waals surface area contributed by atoms with Crippen LogP contribution in [0, 0.1) is 23.2 Å². The van der Waals surface area contributed by atoms with E-state index in [0.29, 0.717) is 23.8 Å². The lowest BCUT2D eigenvalue weighted by Crippen LogP contribution is -2.58. The number of amides is 3. The van der Waals surface area contributed by atoms with Gasteiger partial charge in [-0.05, 0) is 80.2 Å². The van der Waals surface area contributed by atoms with E-state index in [1.54, 1.807) is 18.5 Å². The van der Waals surface area contributed by atoms with Gasteiger partial charge in [-0.25, -0.2) is 4.79 Å². The molecule has 2 N–H and O–H groups in total. The van der Waals surface area contributed by atoms with Crippen LogP contribution < -0.4 is 10.6 Å². The Morgan fingerprint density at radius 3 is 2.66 bits per heavy atom. The highest BCUT2D eigenvalue weighted by atomic mass is 16.3. The van der Waals surface area contributed by atoms with Crippen LogP contribution in [0.3, 0.4) is 0 Å². The number of carbonyl (C=O) groups is 2. The average molecular weight is 479 g/mol. The van der Waals surface area contributed by atoms with Gasteiger partial charge >= 0.3 is 6.03 Å². The van der Waals surface area contributed by atoms with E-state index in [0.717, 1.165) is 68.8 Å². The Kier molecular flexibility index (Phi) is 5.76. The Bertz CT molecular complexity index is 1060. The smallest absolute Gasteiger partial charge is 0.317 e. The van der Waals surface area contributed by atoms with E-state index in [-0.39, 0.29) is 22.9 Å². The van der Waals surface area contributed by atoms with Crippen molar-refractivity contribution in [3.63, 3.8) is 0 Å². The predicted octanol–water partition coefficient (Wildman–Crippen LogP) is 5.12. The van der Waals surface area contributed by atoms with Gasteiger partial charge in [0.15, 0.2) is 11.3 Å². The number of likely N-dealkylation sites (tertiary alicyclic amines) is 1. The Labute approximate surface area is 207 Å². The van der Waals surface area contributed by atoms with Crippen molar-refractivity contribution in [3.8, 4) is 0 Å². The van der Waals surface area contributed by atoms with Gasteiger partial charge in [-0.2, -0.15) is 0 Å². The number of hydrogen-bond acceptors (Lipinski definition) is 4. The van der Waals surface area contributed by atoms with E-state index in [2.05, 4.69) is 22.5 Å². The molecule has 3 saturated carbocycles. The minimum atomic E-state index is -0.165. The van der Waals surface area contributed by atoms with Gasteiger partial charge in [0, 0.05) is 36.8 Å². The first kappa shape index (κ1) is 22.9. The topological polar surface area (TPSA) is 87.5 Å². The predicted molar refractivity (Wildman–Crippen MR) is 134 cm³/mol. The minimum Gasteiger partial charge on any atom is -0.449 e. The fraction of sp³-hybridized carbons (Fsp3) is 0.679. The molecule has 3 amide bonds. The zero-order valence-electron chi connectivity index (χ0n) is 20.9. The van der Waals surface area contributed by atoms with E-state index in [4.69, 9.17) is 4.42 Å². The SMILES string of the molecule is CCC1(NC(=O)N2CCC3(CC2)CC3CNC(=O)c2cc3ccncc3o2)CC2CCCC(C2)C1. The third kappa shape index (κ3) is 4.43. The summed E-state index contributed by atoms with van der Waals surface area (Å²) in [5.41, 5.74) is 0.915. The van der Waals surface area contributed by atoms with E-state index < -0.39 is 0 Å². The standard InChI is InChI=1S/C28H38N4O3/c1-2-28(14-19-4-3-5-20(12-19)15-28)31-26(34)32-10-7-27(8-11-32)16-22(27)17-30-25(33)23-13-21-6-9-29-18-24(21)35-23/h6,9,13,18-20,22H,2-5,7-8,10-12,14-17H2,1H3,(H,30,33)(H,31,34). The van der Waals surface area contributed by atoms with Crippen LogP contribution in [0.5, 0.6) is 0 Å². The highest BCUT2D eigenvalue weighted by Gasteiger charge is 2.55. The van der Waals surface area contributed by atoms with E-state index in [1.807, 2.05) is 11.0 Å². The zero-order valence-corrected chi connectivity index (χ0v) is 20.9. The van der Waals surface area contributed by atoms with E-state index in [9.17, 15) is 9.59 Å². The highest BCUT2D eigenvalue weighted by molar-refractivity contribution is 5.95. The Morgan fingerprint density at radius 1 is 1.17 bits per heavy atom. The van der Waals surface area contributed by atoms with Crippen molar-refractivity contribution in [2.24, 2.45) is 23.2 Å². The maximum absolute atomic E-state index is 13.3. The molecule has 3 aliphatic carbocycles. The number of carbonyl (C=O) groups excluding carboxylic acids is 2. The summed E-state index contributed by atoms with van der Waals surface area (Å²) in [6.07, 6.45) is 15.3. The molecule has 0 aromatic carbocycles. The summed E-state index contributed by atoms with van der Waals surface area (Å²) in [6.45, 7) is 4.55. The van der Waals surface area contributed by atoms with Crippen LogP contribution in [0.15, 0.2) is 28.9 Å². The summed E-state index contributed by atoms with van der Waals surface area (Å²) in [6, 6.07) is 3.76. The Morgan fingerprint density at radius 2 is 1.94 bits per heavy atom. The van der Waals surface area contributed by atoms with E-state index >= 15 is 0 Å². The van der Waals surface area contributed by atoms with Crippen molar-refractivity contribution in [1.29, 1.82) is 0 Å². The number of urea groups is 1. The van der Waals surface area contributed by atoms with Crippen molar-refractivity contribution in [2.45, 2.75) is 76.7 Å². The fourth-order valence-electron chi connectivity index (χ4n) is 7.53. The summed E-state index contributed by atoms with van der Waals surface area (Å²) in [5, 5.41) is 7.48. The van der Waals surface area contributed by atoms with Crippen molar-refractivity contribution in [3.05, 3.63) is 30.3 Å². The molecule has 0 radical (unpaired) electrons. The third-order valence-electron chi connectivity index (χ3n) is 9.76. The Balaban J connectivity index is 0.987. The van der Waals surface area contributed by atoms with Crippen LogP contribution in [0.1, 0.15) is 81.7 Å². The highest BCUT2D eigenvalue weighted by Crippen LogP contribution is 2.59. The molecule has 2 aromatic heterocycles. The molecular formula is C28H38N4O3. The molecular weight excluding hydrogens is 440 g/mol. The molecule has 7 heteroatoms. The average Bonchev–Trinajstić information content (AvgIpc) is 3.33. The molecule has 1 spiro atoms. The van der Waals surface area contributed by atoms with Crippen LogP contribution in [0.2, 0.25) is 0 Å². The number of nitrogens with one attached hydrogen (secondary N) is 2. The number of hydrogen-bond donors (Lipinski definition) is 2. The van der Waals surface area contributed by atoms with Gasteiger partial charge in [0.2, 0.25) is 0 Å². The van der Waals surface area contributed by atoms with Gasteiger partial charge in [0.1, 0.15) is 0 Å². The van der Waals surface area contributed by atoms with Gasteiger partial charge < -0.3 is 20.0 Å². The molecule has 7 nitrogen and oxygen atoms in total. The van der Waals surface area contributed by atoms with E-state index in [1.165, 1.54) is 25.7 Å². The summed E-state index contributed by atoms with van der Waals surface area (Å²) in [7, 11) is 0. The largest absolute Gasteiger partial charge is 0.449 e. The summed E-state index contributed by atoms with van der Waals surface area (Å²) < 4.78 is 5.64. The molecule has 6 rings (SSSR count). The quantitative estimate of drug-likeness (QED) is 0.625. The van der Waals surface area contributed by atoms with Gasteiger partial charge in [0.25, 0.3) is 5.91 Å². The fourth-order valence-corrected chi connectivity index (χ4v) is 7.53. The van der Waals surface area contributed by atoms with Crippen molar-refractivity contribution < 1.29 is 14.0 Å². The molecule has 2 aromatic rings. The van der Waals surface area contributed by atoms with Crippen LogP contribution >= 0.6 is 0 Å². The van der Waals surface area contributed by atoms with Crippen LogP contribution in [-0.2, 0) is 0 Å². The summed E-state index contributed by atoms with van der Waals surface area (Å²) >= 11 is 0. The number of nitrogens with zero attached hydrogens (tertiary/aromatic N) is 2. The van der Waals surface area contributed by atoms with Crippen molar-refractivity contribution in [2.75, 3.05) is 19.6 Å². The molecule has 4 aliphatic rings. The molecule has 1 saturated heterocycles. The Hall–Kier alpha value is -2.57. The molecule has 4 fully saturated rings. The normalized spacial score (nSPS) is 31.3. The van der Waals surface area contributed by atoms with Gasteiger partial charge in [0.05, 0.1) is 6.20 Å². The number of piperidine rings is 1. The number of rotatable bonds is 5. The molecule has 35 heavy (non-hydrogen) atoms. The molecule has 1 aliphatic heterocycles. The molecule has 3 atom stereocenters. The van der Waals surface area contributed by atoms with Crippen molar-refractivity contribution in [1.82, 2.24) is 20.5 Å². The lowest BCUT2D eigenvalue weighted by Gasteiger charge is -2.48. The number of furan rings is 1. The molecule has 188 valence electrons. The van der Waals surface area contributed by atoms with Crippen LogP contribution in [-0.4, -0.2) is 47.0 Å². The van der Waals surface area contributed by atoms with Crippen LogP contribution in [0.25, 0.3) is 11.0 Å². The minimum absolute atomic E-state index is 0.000660. The van der Waals surface area contributed by atoms with Crippen molar-refractivity contribution >= 4 is 22.9 Å². The first-order chi connectivity index (χ1) is 17.0. The third-order valence-corrected chi connectivity index (χ3v) is 9.76. The van der Waals surface area contributed by atoms with Gasteiger partial charge in [-0.1, -0.05) is 26.2 Å². The van der Waals surface area contributed by atoms with Gasteiger partial charge in [-0.3, -0.25) is 9.78 Å². The molecule has 3 heterocycles. The maximum Gasteiger partial charge on any atom is 0.317 e.